The molecule has 150 valence electrons. The van der Waals surface area contributed by atoms with Gasteiger partial charge in [-0.2, -0.15) is 0 Å². The van der Waals surface area contributed by atoms with Gasteiger partial charge in [-0.25, -0.2) is 8.42 Å². The van der Waals surface area contributed by atoms with Gasteiger partial charge in [0.1, 0.15) is 0 Å². The summed E-state index contributed by atoms with van der Waals surface area (Å²) in [6.07, 6.45) is 1.13. The topological polar surface area (TPSA) is 79.0 Å². The molecule has 1 unspecified atom stereocenters. The quantitative estimate of drug-likeness (QED) is 0.792. The normalized spacial score (nSPS) is 24.1. The number of amides is 1. The maximum Gasteiger partial charge on any atom is 0.254 e. The van der Waals surface area contributed by atoms with Crippen LogP contribution < -0.4 is 4.72 Å². The molecule has 0 radical (unpaired) electrons. The van der Waals surface area contributed by atoms with Crippen molar-refractivity contribution >= 4 is 21.6 Å². The molecular formula is C19H29N3O4S. The Morgan fingerprint density at radius 1 is 1.26 bits per heavy atom. The zero-order valence-corrected chi connectivity index (χ0v) is 16.9. The molecule has 1 N–H and O–H groups in total. The first-order chi connectivity index (χ1) is 12.9. The summed E-state index contributed by atoms with van der Waals surface area (Å²) in [6.45, 7) is 8.87. The maximum atomic E-state index is 12.9. The fraction of sp³-hybridized carbons (Fsp3) is 0.632. The molecule has 1 aromatic rings. The number of carbonyl (C=O) groups excluding carboxylic acids is 1. The highest BCUT2D eigenvalue weighted by Crippen LogP contribution is 2.19. The lowest BCUT2D eigenvalue weighted by molar-refractivity contribution is 0.0452. The predicted octanol–water partition coefficient (Wildman–Crippen LogP) is 1.63. The Balaban J connectivity index is 1.57. The largest absolute Gasteiger partial charge is 0.381 e. The molecule has 1 amide bonds. The average Bonchev–Trinajstić information content (AvgIpc) is 3.15. The van der Waals surface area contributed by atoms with Crippen molar-refractivity contribution in [1.29, 1.82) is 0 Å². The summed E-state index contributed by atoms with van der Waals surface area (Å²) in [5.41, 5.74) is 1.06. The Morgan fingerprint density at radius 3 is 2.59 bits per heavy atom. The third kappa shape index (κ3) is 5.21. The number of carbonyl (C=O) groups is 1. The minimum atomic E-state index is -3.31. The van der Waals surface area contributed by atoms with Crippen LogP contribution in [0.5, 0.6) is 0 Å². The summed E-state index contributed by atoms with van der Waals surface area (Å²) in [5, 5.41) is 0. The number of rotatable bonds is 6. The van der Waals surface area contributed by atoms with Crippen molar-refractivity contribution < 1.29 is 17.9 Å². The van der Waals surface area contributed by atoms with Crippen LogP contribution >= 0.6 is 0 Å². The van der Waals surface area contributed by atoms with Crippen LogP contribution in [0.4, 0.5) is 5.69 Å². The van der Waals surface area contributed by atoms with Gasteiger partial charge in [-0.05, 0) is 50.5 Å². The maximum absolute atomic E-state index is 12.9. The first-order valence-electron chi connectivity index (χ1n) is 9.59. The van der Waals surface area contributed by atoms with E-state index in [2.05, 4.69) is 16.5 Å². The summed E-state index contributed by atoms with van der Waals surface area (Å²) >= 11 is 0. The molecule has 27 heavy (non-hydrogen) atoms. The molecule has 0 aliphatic carbocycles. The fourth-order valence-electron chi connectivity index (χ4n) is 3.69. The predicted molar refractivity (Wildman–Crippen MR) is 105 cm³/mol. The SMILES string of the molecule is CCS(=O)(=O)Nc1ccc(C(=O)N2CCN(CC3CCOC3)C[C@@H]2C)cc1. The van der Waals surface area contributed by atoms with Crippen molar-refractivity contribution in [3.05, 3.63) is 29.8 Å². The van der Waals surface area contributed by atoms with E-state index in [-0.39, 0.29) is 17.7 Å². The molecular weight excluding hydrogens is 366 g/mol. The highest BCUT2D eigenvalue weighted by molar-refractivity contribution is 7.92. The summed E-state index contributed by atoms with van der Waals surface area (Å²) in [6, 6.07) is 6.80. The summed E-state index contributed by atoms with van der Waals surface area (Å²) < 4.78 is 31.2. The van der Waals surface area contributed by atoms with Crippen molar-refractivity contribution in [1.82, 2.24) is 9.80 Å². The standard InChI is InChI=1S/C19H29N3O4S/c1-3-27(24,25)20-18-6-4-17(5-7-18)19(23)22-10-9-21(12-15(22)2)13-16-8-11-26-14-16/h4-7,15-16,20H,3,8-14H2,1-2H3/t15-,16?/m0/s1. The second-order valence-corrected chi connectivity index (χ2v) is 9.43. The first kappa shape index (κ1) is 20.1. The van der Waals surface area contributed by atoms with Gasteiger partial charge in [-0.3, -0.25) is 14.4 Å². The number of sulfonamides is 1. The minimum absolute atomic E-state index is 0.00347. The molecule has 2 fully saturated rings. The van der Waals surface area contributed by atoms with E-state index >= 15 is 0 Å². The molecule has 0 saturated carbocycles. The Bertz CT molecular complexity index is 745. The van der Waals surface area contributed by atoms with Gasteiger partial charge in [0.15, 0.2) is 0 Å². The van der Waals surface area contributed by atoms with Crippen LogP contribution in [0.15, 0.2) is 24.3 Å². The Labute approximate surface area is 161 Å². The molecule has 0 aromatic heterocycles. The van der Waals surface area contributed by atoms with Crippen LogP contribution in [0.2, 0.25) is 0 Å². The molecule has 3 rings (SSSR count). The van der Waals surface area contributed by atoms with Crippen LogP contribution in [-0.4, -0.2) is 75.3 Å². The lowest BCUT2D eigenvalue weighted by Crippen LogP contribution is -2.54. The molecule has 2 aliphatic rings. The highest BCUT2D eigenvalue weighted by atomic mass is 32.2. The smallest absolute Gasteiger partial charge is 0.254 e. The van der Waals surface area contributed by atoms with E-state index in [0.717, 1.165) is 39.3 Å². The lowest BCUT2D eigenvalue weighted by atomic mass is 10.1. The number of anilines is 1. The van der Waals surface area contributed by atoms with Gasteiger partial charge in [0.25, 0.3) is 5.91 Å². The van der Waals surface area contributed by atoms with Gasteiger partial charge in [0.05, 0.1) is 12.4 Å². The second kappa shape index (κ2) is 8.58. The van der Waals surface area contributed by atoms with E-state index in [0.29, 0.717) is 23.7 Å². The van der Waals surface area contributed by atoms with E-state index < -0.39 is 10.0 Å². The number of piperazine rings is 1. The molecule has 1 aromatic carbocycles. The highest BCUT2D eigenvalue weighted by Gasteiger charge is 2.30. The number of hydrogen-bond acceptors (Lipinski definition) is 5. The third-order valence-electron chi connectivity index (χ3n) is 5.30. The number of nitrogens with one attached hydrogen (secondary N) is 1. The van der Waals surface area contributed by atoms with Gasteiger partial charge in [-0.1, -0.05) is 0 Å². The second-order valence-electron chi connectivity index (χ2n) is 7.42. The summed E-state index contributed by atoms with van der Waals surface area (Å²) in [5.74, 6) is 0.623. The third-order valence-corrected chi connectivity index (χ3v) is 6.60. The van der Waals surface area contributed by atoms with Crippen molar-refractivity contribution in [3.8, 4) is 0 Å². The van der Waals surface area contributed by atoms with Crippen LogP contribution in [0.1, 0.15) is 30.6 Å². The molecule has 2 aliphatic heterocycles. The monoisotopic (exact) mass is 395 g/mol. The summed E-state index contributed by atoms with van der Waals surface area (Å²) in [7, 11) is -3.31. The molecule has 2 atom stereocenters. The lowest BCUT2D eigenvalue weighted by Gasteiger charge is -2.40. The summed E-state index contributed by atoms with van der Waals surface area (Å²) in [4.78, 5) is 17.2. The number of ether oxygens (including phenoxy) is 1. The molecule has 7 nitrogen and oxygen atoms in total. The van der Waals surface area contributed by atoms with Crippen molar-refractivity contribution in [2.45, 2.75) is 26.3 Å². The molecule has 0 bridgehead atoms. The van der Waals surface area contributed by atoms with Gasteiger partial charge in [0.2, 0.25) is 10.0 Å². The zero-order valence-electron chi connectivity index (χ0n) is 16.1. The number of nitrogens with zero attached hydrogens (tertiary/aromatic N) is 2. The van der Waals surface area contributed by atoms with Crippen molar-refractivity contribution in [2.75, 3.05) is 49.9 Å². The van der Waals surface area contributed by atoms with Gasteiger partial charge < -0.3 is 9.64 Å². The Kier molecular flexibility index (Phi) is 6.39. The molecule has 2 saturated heterocycles. The Hall–Kier alpha value is -1.64. The van der Waals surface area contributed by atoms with Gasteiger partial charge in [-0.15, -0.1) is 0 Å². The van der Waals surface area contributed by atoms with Crippen LogP contribution in [0.3, 0.4) is 0 Å². The van der Waals surface area contributed by atoms with Crippen LogP contribution in [0.25, 0.3) is 0 Å². The average molecular weight is 396 g/mol. The van der Waals surface area contributed by atoms with Gasteiger partial charge in [0, 0.05) is 50.1 Å². The van der Waals surface area contributed by atoms with Crippen molar-refractivity contribution in [3.63, 3.8) is 0 Å². The van der Waals surface area contributed by atoms with Crippen LogP contribution in [0, 0.1) is 5.92 Å². The van der Waals surface area contributed by atoms with E-state index in [1.807, 2.05) is 4.90 Å². The molecule has 0 spiro atoms. The molecule has 2 heterocycles. The van der Waals surface area contributed by atoms with E-state index in [4.69, 9.17) is 4.74 Å². The first-order valence-corrected chi connectivity index (χ1v) is 11.2. The number of benzene rings is 1. The zero-order chi connectivity index (χ0) is 19.4. The number of hydrogen-bond donors (Lipinski definition) is 1. The molecule has 8 heteroatoms. The van der Waals surface area contributed by atoms with E-state index in [1.165, 1.54) is 0 Å². The Morgan fingerprint density at radius 2 is 2.00 bits per heavy atom. The minimum Gasteiger partial charge on any atom is -0.381 e. The van der Waals surface area contributed by atoms with E-state index in [9.17, 15) is 13.2 Å². The van der Waals surface area contributed by atoms with Gasteiger partial charge >= 0.3 is 0 Å². The van der Waals surface area contributed by atoms with Crippen LogP contribution in [-0.2, 0) is 14.8 Å². The van der Waals surface area contributed by atoms with E-state index in [1.54, 1.807) is 31.2 Å². The fourth-order valence-corrected chi connectivity index (χ4v) is 4.33. The van der Waals surface area contributed by atoms with Crippen molar-refractivity contribution in [2.24, 2.45) is 5.92 Å².